The Labute approximate surface area is 161 Å². The SMILES string of the molecule is O=C(O)CCCC=CC[C@H]1[C@@H](CCSC2CCCCC2)[C@@H]2O[C@H]1[C@@H]1O[C@@H]12. The van der Waals surface area contributed by atoms with Crippen LogP contribution in [-0.2, 0) is 14.3 Å². The van der Waals surface area contributed by atoms with E-state index in [0.29, 0.717) is 36.3 Å². The first-order valence-electron chi connectivity index (χ1n) is 10.5. The molecule has 0 spiro atoms. The van der Waals surface area contributed by atoms with Crippen molar-refractivity contribution in [3.8, 4) is 0 Å². The standard InChI is InChI=1S/C21H32O4S/c22-17(23)11-7-2-1-6-10-15-16(19-21-20(25-21)18(15)24-19)12-13-26-14-8-4-3-5-9-14/h1,6,14-16,18-21H,2-5,7-13H2,(H,22,23)/t15-,16+,18+,19-,20-,21+/m0/s1. The Hall–Kier alpha value is -0.520. The van der Waals surface area contributed by atoms with Gasteiger partial charge in [-0.1, -0.05) is 31.4 Å². The van der Waals surface area contributed by atoms with Gasteiger partial charge in [-0.25, -0.2) is 0 Å². The number of carboxylic acid groups (broad SMARTS) is 1. The van der Waals surface area contributed by atoms with Crippen LogP contribution in [0, 0.1) is 11.8 Å². The van der Waals surface area contributed by atoms with Crippen molar-refractivity contribution in [1.29, 1.82) is 0 Å². The zero-order valence-corrected chi connectivity index (χ0v) is 16.4. The maximum absolute atomic E-state index is 10.6. The van der Waals surface area contributed by atoms with Crippen molar-refractivity contribution < 1.29 is 19.4 Å². The molecule has 0 amide bonds. The highest BCUT2D eigenvalue weighted by Gasteiger charge is 2.68. The summed E-state index contributed by atoms with van der Waals surface area (Å²) in [6, 6.07) is 0. The minimum Gasteiger partial charge on any atom is -0.481 e. The van der Waals surface area contributed by atoms with Gasteiger partial charge in [-0.3, -0.25) is 4.79 Å². The van der Waals surface area contributed by atoms with E-state index in [1.54, 1.807) is 0 Å². The average Bonchev–Trinajstić information content (AvgIpc) is 3.27. The molecule has 0 unspecified atom stereocenters. The number of carboxylic acids is 1. The molecule has 5 heteroatoms. The zero-order chi connectivity index (χ0) is 17.9. The number of carbonyl (C=O) groups is 1. The number of thioether (sulfide) groups is 1. The first-order valence-corrected chi connectivity index (χ1v) is 11.6. The second-order valence-corrected chi connectivity index (χ2v) is 9.78. The molecule has 2 bridgehead atoms. The van der Waals surface area contributed by atoms with Gasteiger partial charge in [0.05, 0.1) is 12.2 Å². The van der Waals surface area contributed by atoms with E-state index in [2.05, 4.69) is 23.9 Å². The van der Waals surface area contributed by atoms with Gasteiger partial charge in [-0.15, -0.1) is 0 Å². The number of hydrogen-bond acceptors (Lipinski definition) is 4. The van der Waals surface area contributed by atoms with Crippen molar-refractivity contribution in [2.75, 3.05) is 5.75 Å². The molecular weight excluding hydrogens is 348 g/mol. The highest BCUT2D eigenvalue weighted by molar-refractivity contribution is 7.99. The van der Waals surface area contributed by atoms with Crippen LogP contribution in [0.1, 0.15) is 64.2 Å². The first-order chi connectivity index (χ1) is 12.7. The number of allylic oxidation sites excluding steroid dienone is 2. The number of hydrogen-bond donors (Lipinski definition) is 1. The summed E-state index contributed by atoms with van der Waals surface area (Å²) in [5.41, 5.74) is 0. The van der Waals surface area contributed by atoms with Crippen molar-refractivity contribution in [3.63, 3.8) is 0 Å². The summed E-state index contributed by atoms with van der Waals surface area (Å²) in [6.07, 6.45) is 17.1. The molecule has 3 heterocycles. The normalized spacial score (nSPS) is 38.8. The van der Waals surface area contributed by atoms with Crippen LogP contribution in [0.3, 0.4) is 0 Å². The van der Waals surface area contributed by atoms with Gasteiger partial charge in [-0.2, -0.15) is 11.8 Å². The lowest BCUT2D eigenvalue weighted by Gasteiger charge is -2.26. The third-order valence-corrected chi connectivity index (χ3v) is 8.02. The van der Waals surface area contributed by atoms with Gasteiger partial charge < -0.3 is 14.6 Å². The molecule has 0 aromatic rings. The highest BCUT2D eigenvalue weighted by atomic mass is 32.2. The molecule has 6 atom stereocenters. The third-order valence-electron chi connectivity index (χ3n) is 6.61. The predicted octanol–water partition coefficient (Wildman–Crippen LogP) is 4.42. The average molecular weight is 381 g/mol. The Morgan fingerprint density at radius 1 is 1.00 bits per heavy atom. The van der Waals surface area contributed by atoms with E-state index in [-0.39, 0.29) is 6.42 Å². The largest absolute Gasteiger partial charge is 0.481 e. The van der Waals surface area contributed by atoms with Crippen LogP contribution in [0.4, 0.5) is 0 Å². The van der Waals surface area contributed by atoms with Crippen LogP contribution < -0.4 is 0 Å². The van der Waals surface area contributed by atoms with E-state index in [1.165, 1.54) is 44.3 Å². The number of unbranched alkanes of at least 4 members (excludes halogenated alkanes) is 1. The van der Waals surface area contributed by atoms with E-state index < -0.39 is 5.97 Å². The Balaban J connectivity index is 1.23. The van der Waals surface area contributed by atoms with Crippen LogP contribution in [0.5, 0.6) is 0 Å². The van der Waals surface area contributed by atoms with Crippen LogP contribution in [0.2, 0.25) is 0 Å². The number of ether oxygens (including phenoxy) is 2. The molecule has 0 aromatic heterocycles. The fourth-order valence-corrected chi connectivity index (χ4v) is 6.62. The fraction of sp³-hybridized carbons (Fsp3) is 0.857. The third kappa shape index (κ3) is 4.31. The maximum Gasteiger partial charge on any atom is 0.303 e. The number of fused-ring (bicyclic) bond motifs is 5. The maximum atomic E-state index is 10.6. The molecule has 26 heavy (non-hydrogen) atoms. The van der Waals surface area contributed by atoms with Gasteiger partial charge >= 0.3 is 5.97 Å². The Morgan fingerprint density at radius 2 is 1.73 bits per heavy atom. The van der Waals surface area contributed by atoms with Crippen molar-refractivity contribution in [1.82, 2.24) is 0 Å². The van der Waals surface area contributed by atoms with E-state index in [9.17, 15) is 4.79 Å². The van der Waals surface area contributed by atoms with E-state index in [4.69, 9.17) is 14.6 Å². The van der Waals surface area contributed by atoms with Gasteiger partial charge in [-0.05, 0) is 56.1 Å². The molecule has 4 nitrogen and oxygen atoms in total. The van der Waals surface area contributed by atoms with Crippen molar-refractivity contribution in [2.45, 2.75) is 93.9 Å². The smallest absolute Gasteiger partial charge is 0.303 e. The summed E-state index contributed by atoms with van der Waals surface area (Å²) >= 11 is 2.20. The molecule has 0 aromatic carbocycles. The van der Waals surface area contributed by atoms with Crippen LogP contribution in [-0.4, -0.2) is 46.5 Å². The molecule has 1 saturated carbocycles. The molecule has 4 fully saturated rings. The van der Waals surface area contributed by atoms with E-state index >= 15 is 0 Å². The molecule has 1 N–H and O–H groups in total. The minimum absolute atomic E-state index is 0.264. The Kier molecular flexibility index (Phi) is 6.27. The second-order valence-electron chi connectivity index (χ2n) is 8.37. The molecular formula is C21H32O4S. The Morgan fingerprint density at radius 3 is 2.50 bits per heavy atom. The summed E-state index contributed by atoms with van der Waals surface area (Å²) in [5.74, 6) is 1.79. The fourth-order valence-electron chi connectivity index (χ4n) is 5.21. The van der Waals surface area contributed by atoms with E-state index in [1.807, 2.05) is 0 Å². The minimum atomic E-state index is -0.702. The lowest BCUT2D eigenvalue weighted by molar-refractivity contribution is -0.137. The quantitative estimate of drug-likeness (QED) is 0.345. The molecule has 0 radical (unpaired) electrons. The molecule has 1 aliphatic carbocycles. The predicted molar refractivity (Wildman–Crippen MR) is 103 cm³/mol. The highest BCUT2D eigenvalue weighted by Crippen LogP contribution is 2.56. The topological polar surface area (TPSA) is 59.1 Å². The summed E-state index contributed by atoms with van der Waals surface area (Å²) in [7, 11) is 0. The van der Waals surface area contributed by atoms with E-state index in [0.717, 1.165) is 24.5 Å². The van der Waals surface area contributed by atoms with Crippen LogP contribution in [0.25, 0.3) is 0 Å². The lowest BCUT2D eigenvalue weighted by atomic mass is 9.76. The summed E-state index contributed by atoms with van der Waals surface area (Å²) < 4.78 is 12.1. The van der Waals surface area contributed by atoms with Gasteiger partial charge in [0.1, 0.15) is 12.2 Å². The second kappa shape index (κ2) is 8.66. The molecule has 3 aliphatic heterocycles. The van der Waals surface area contributed by atoms with Gasteiger partial charge in [0.25, 0.3) is 0 Å². The molecule has 4 aliphatic rings. The number of epoxide rings is 1. The van der Waals surface area contributed by atoms with Crippen molar-refractivity contribution >= 4 is 17.7 Å². The van der Waals surface area contributed by atoms with Crippen molar-refractivity contribution in [3.05, 3.63) is 12.2 Å². The number of rotatable bonds is 10. The zero-order valence-electron chi connectivity index (χ0n) is 15.6. The Bertz CT molecular complexity index is 516. The monoisotopic (exact) mass is 380 g/mol. The van der Waals surface area contributed by atoms with Gasteiger partial charge in [0, 0.05) is 11.7 Å². The molecule has 3 saturated heterocycles. The molecule has 4 rings (SSSR count). The van der Waals surface area contributed by atoms with Gasteiger partial charge in [0.2, 0.25) is 0 Å². The first kappa shape index (κ1) is 18.8. The van der Waals surface area contributed by atoms with Crippen LogP contribution >= 0.6 is 11.8 Å². The number of aliphatic carboxylic acids is 1. The summed E-state index contributed by atoms with van der Waals surface area (Å²) in [6.45, 7) is 0. The molecule has 146 valence electrons. The summed E-state index contributed by atoms with van der Waals surface area (Å²) in [4.78, 5) is 10.6. The van der Waals surface area contributed by atoms with Crippen molar-refractivity contribution in [2.24, 2.45) is 11.8 Å². The summed E-state index contributed by atoms with van der Waals surface area (Å²) in [5, 5.41) is 9.59. The van der Waals surface area contributed by atoms with Gasteiger partial charge in [0.15, 0.2) is 0 Å². The van der Waals surface area contributed by atoms with Crippen LogP contribution in [0.15, 0.2) is 12.2 Å². The lowest BCUT2D eigenvalue weighted by Crippen LogP contribution is -2.33.